The molecule has 7 heteroatoms. The summed E-state index contributed by atoms with van der Waals surface area (Å²) in [6, 6.07) is 14.6. The number of halogens is 1. The first-order valence-electron chi connectivity index (χ1n) is 9.97. The third kappa shape index (κ3) is 7.26. The minimum atomic E-state index is -0.563. The minimum absolute atomic E-state index is 0.0815. The molecule has 1 N–H and O–H groups in total. The maximum atomic E-state index is 13.0. The monoisotopic (exact) mass is 448 g/mol. The second-order valence-electron chi connectivity index (χ2n) is 6.92. The molecule has 2 amide bonds. The maximum Gasteiger partial charge on any atom is 0.242 e. The van der Waals surface area contributed by atoms with E-state index in [1.165, 1.54) is 11.8 Å². The highest BCUT2D eigenvalue weighted by molar-refractivity contribution is 7.99. The molecule has 30 heavy (non-hydrogen) atoms. The summed E-state index contributed by atoms with van der Waals surface area (Å²) in [6.07, 6.45) is 0.846. The van der Waals surface area contributed by atoms with Crippen LogP contribution in [0.15, 0.2) is 48.5 Å². The van der Waals surface area contributed by atoms with Crippen LogP contribution in [0.1, 0.15) is 31.4 Å². The number of hydrogen-bond donors (Lipinski definition) is 1. The van der Waals surface area contributed by atoms with E-state index in [0.717, 1.165) is 23.3 Å². The number of nitrogens with one attached hydrogen (secondary N) is 1. The zero-order chi connectivity index (χ0) is 21.9. The first kappa shape index (κ1) is 24.1. The lowest BCUT2D eigenvalue weighted by Gasteiger charge is -2.29. The molecule has 0 spiro atoms. The van der Waals surface area contributed by atoms with Gasteiger partial charge in [0.2, 0.25) is 11.8 Å². The molecule has 0 aliphatic heterocycles. The molecule has 2 aromatic carbocycles. The number of benzene rings is 2. The quantitative estimate of drug-likeness (QED) is 0.548. The molecule has 0 bridgehead atoms. The standard InChI is InChI=1S/C23H29ClN2O3S/c1-4-13-25-23(28)17(2)26(14-18-9-11-20(29-3)12-10-18)22(27)16-30-15-19-7-5-6-8-21(19)24/h5-12,17H,4,13-16H2,1-3H3,(H,25,28)/t17-/m1/s1. The average Bonchev–Trinajstić information content (AvgIpc) is 2.76. The van der Waals surface area contributed by atoms with Gasteiger partial charge in [-0.2, -0.15) is 0 Å². The van der Waals surface area contributed by atoms with Crippen molar-refractivity contribution in [2.24, 2.45) is 0 Å². The molecule has 0 aliphatic rings. The number of hydrogen-bond acceptors (Lipinski definition) is 4. The van der Waals surface area contributed by atoms with Crippen molar-refractivity contribution in [1.82, 2.24) is 10.2 Å². The van der Waals surface area contributed by atoms with Gasteiger partial charge in [-0.1, -0.05) is 48.9 Å². The van der Waals surface area contributed by atoms with Crippen LogP contribution in [0, 0.1) is 0 Å². The smallest absolute Gasteiger partial charge is 0.242 e. The van der Waals surface area contributed by atoms with E-state index >= 15 is 0 Å². The predicted molar refractivity (Wildman–Crippen MR) is 124 cm³/mol. The molecule has 0 aliphatic carbocycles. The minimum Gasteiger partial charge on any atom is -0.497 e. The number of rotatable bonds is 11. The molecule has 1 atom stereocenters. The van der Waals surface area contributed by atoms with Crippen molar-refractivity contribution >= 4 is 35.2 Å². The highest BCUT2D eigenvalue weighted by Gasteiger charge is 2.25. The Kier molecular flexibility index (Phi) is 10.0. The van der Waals surface area contributed by atoms with Gasteiger partial charge >= 0.3 is 0 Å². The van der Waals surface area contributed by atoms with Crippen LogP contribution in [-0.2, 0) is 21.9 Å². The fraction of sp³-hybridized carbons (Fsp3) is 0.391. The molecule has 2 rings (SSSR count). The molecule has 0 saturated heterocycles. The first-order valence-corrected chi connectivity index (χ1v) is 11.5. The Bertz CT molecular complexity index is 829. The summed E-state index contributed by atoms with van der Waals surface area (Å²) in [6.45, 7) is 4.72. The summed E-state index contributed by atoms with van der Waals surface area (Å²) in [5.41, 5.74) is 1.93. The number of nitrogens with zero attached hydrogens (tertiary/aromatic N) is 1. The molecular formula is C23H29ClN2O3S. The van der Waals surface area contributed by atoms with Crippen LogP contribution in [0.2, 0.25) is 5.02 Å². The molecule has 0 saturated carbocycles. The Labute approximate surface area is 188 Å². The lowest BCUT2D eigenvalue weighted by atomic mass is 10.1. The number of amides is 2. The van der Waals surface area contributed by atoms with E-state index in [9.17, 15) is 9.59 Å². The topological polar surface area (TPSA) is 58.6 Å². The maximum absolute atomic E-state index is 13.0. The van der Waals surface area contributed by atoms with E-state index < -0.39 is 6.04 Å². The largest absolute Gasteiger partial charge is 0.497 e. The Morgan fingerprint density at radius 3 is 2.50 bits per heavy atom. The first-order chi connectivity index (χ1) is 14.5. The van der Waals surface area contributed by atoms with Crippen molar-refractivity contribution in [1.29, 1.82) is 0 Å². The highest BCUT2D eigenvalue weighted by Crippen LogP contribution is 2.22. The van der Waals surface area contributed by atoms with Crippen molar-refractivity contribution < 1.29 is 14.3 Å². The van der Waals surface area contributed by atoms with Gasteiger partial charge in [-0.25, -0.2) is 0 Å². The fourth-order valence-electron chi connectivity index (χ4n) is 2.85. The Morgan fingerprint density at radius 2 is 1.87 bits per heavy atom. The van der Waals surface area contributed by atoms with Crippen molar-refractivity contribution in [3.05, 3.63) is 64.7 Å². The molecule has 0 heterocycles. The van der Waals surface area contributed by atoms with Gasteiger partial charge in [0.1, 0.15) is 11.8 Å². The number of carbonyl (C=O) groups excluding carboxylic acids is 2. The van der Waals surface area contributed by atoms with Crippen LogP contribution in [0.3, 0.4) is 0 Å². The van der Waals surface area contributed by atoms with Gasteiger partial charge in [0, 0.05) is 23.9 Å². The average molecular weight is 449 g/mol. The third-order valence-electron chi connectivity index (χ3n) is 4.67. The fourth-order valence-corrected chi connectivity index (χ4v) is 4.05. The lowest BCUT2D eigenvalue weighted by molar-refractivity contribution is -0.138. The van der Waals surface area contributed by atoms with Crippen LogP contribution in [-0.4, -0.2) is 42.2 Å². The van der Waals surface area contributed by atoms with Gasteiger partial charge in [0.15, 0.2) is 0 Å². The van der Waals surface area contributed by atoms with E-state index in [0.29, 0.717) is 23.9 Å². The summed E-state index contributed by atoms with van der Waals surface area (Å²) in [4.78, 5) is 27.2. The predicted octanol–water partition coefficient (Wildman–Crippen LogP) is 4.53. The Balaban J connectivity index is 2.06. The van der Waals surface area contributed by atoms with Gasteiger partial charge in [-0.05, 0) is 42.7 Å². The zero-order valence-electron chi connectivity index (χ0n) is 17.7. The molecule has 0 radical (unpaired) electrons. The second kappa shape index (κ2) is 12.5. The SMILES string of the molecule is CCCNC(=O)[C@@H](C)N(Cc1ccc(OC)cc1)C(=O)CSCc1ccccc1Cl. The molecule has 0 unspecified atom stereocenters. The van der Waals surface area contributed by atoms with Gasteiger partial charge in [0.05, 0.1) is 12.9 Å². The molecule has 2 aromatic rings. The number of thioether (sulfide) groups is 1. The zero-order valence-corrected chi connectivity index (χ0v) is 19.3. The van der Waals surface area contributed by atoms with Gasteiger partial charge < -0.3 is 15.0 Å². The molecule has 5 nitrogen and oxygen atoms in total. The van der Waals surface area contributed by atoms with Crippen LogP contribution in [0.5, 0.6) is 5.75 Å². The number of methoxy groups -OCH3 is 1. The Hall–Kier alpha value is -2.18. The third-order valence-corrected chi connectivity index (χ3v) is 6.00. The second-order valence-corrected chi connectivity index (χ2v) is 8.31. The molecule has 0 fully saturated rings. The van der Waals surface area contributed by atoms with Crippen LogP contribution >= 0.6 is 23.4 Å². The van der Waals surface area contributed by atoms with Crippen molar-refractivity contribution in [2.45, 2.75) is 38.6 Å². The summed E-state index contributed by atoms with van der Waals surface area (Å²) in [5, 5.41) is 3.58. The van der Waals surface area contributed by atoms with Crippen LogP contribution in [0.25, 0.3) is 0 Å². The highest BCUT2D eigenvalue weighted by atomic mass is 35.5. The van der Waals surface area contributed by atoms with Crippen LogP contribution in [0.4, 0.5) is 0 Å². The summed E-state index contributed by atoms with van der Waals surface area (Å²) < 4.78 is 5.20. The molecular weight excluding hydrogens is 420 g/mol. The van der Waals surface area contributed by atoms with E-state index in [4.69, 9.17) is 16.3 Å². The summed E-state index contributed by atoms with van der Waals surface area (Å²) in [5.74, 6) is 1.43. The van der Waals surface area contributed by atoms with E-state index in [2.05, 4.69) is 5.32 Å². The van der Waals surface area contributed by atoms with E-state index in [-0.39, 0.29) is 17.6 Å². The van der Waals surface area contributed by atoms with Crippen molar-refractivity contribution in [3.63, 3.8) is 0 Å². The Morgan fingerprint density at radius 1 is 1.17 bits per heavy atom. The van der Waals surface area contributed by atoms with E-state index in [1.54, 1.807) is 18.9 Å². The summed E-state index contributed by atoms with van der Waals surface area (Å²) in [7, 11) is 1.61. The van der Waals surface area contributed by atoms with Crippen molar-refractivity contribution in [2.75, 3.05) is 19.4 Å². The number of carbonyl (C=O) groups is 2. The molecule has 0 aromatic heterocycles. The van der Waals surface area contributed by atoms with Gasteiger partial charge in [0.25, 0.3) is 0 Å². The van der Waals surface area contributed by atoms with Crippen molar-refractivity contribution in [3.8, 4) is 5.75 Å². The van der Waals surface area contributed by atoms with Gasteiger partial charge in [-0.3, -0.25) is 9.59 Å². The lowest BCUT2D eigenvalue weighted by Crippen LogP contribution is -2.48. The number of ether oxygens (including phenoxy) is 1. The van der Waals surface area contributed by atoms with E-state index in [1.807, 2.05) is 55.5 Å². The molecule has 162 valence electrons. The normalized spacial score (nSPS) is 11.6. The summed E-state index contributed by atoms with van der Waals surface area (Å²) >= 11 is 7.70. The van der Waals surface area contributed by atoms with Gasteiger partial charge in [-0.15, -0.1) is 11.8 Å². The van der Waals surface area contributed by atoms with Crippen LogP contribution < -0.4 is 10.1 Å².